The average Bonchev–Trinajstić information content (AvgIpc) is 3.18. The van der Waals surface area contributed by atoms with Gasteiger partial charge in [-0.15, -0.1) is 0 Å². The van der Waals surface area contributed by atoms with E-state index in [0.717, 1.165) is 43.7 Å². The molecule has 4 rings (SSSR count). The lowest BCUT2D eigenvalue weighted by Gasteiger charge is -2.33. The second-order valence-corrected chi connectivity index (χ2v) is 7.67. The van der Waals surface area contributed by atoms with Crippen molar-refractivity contribution in [3.63, 3.8) is 0 Å². The van der Waals surface area contributed by atoms with Crippen molar-refractivity contribution in [1.29, 1.82) is 0 Å². The van der Waals surface area contributed by atoms with Crippen LogP contribution < -0.4 is 5.32 Å². The highest BCUT2D eigenvalue weighted by molar-refractivity contribution is 6.10. The second kappa shape index (κ2) is 7.33. The van der Waals surface area contributed by atoms with Crippen molar-refractivity contribution < 1.29 is 14.3 Å². The van der Waals surface area contributed by atoms with E-state index in [9.17, 15) is 9.59 Å². The Morgan fingerprint density at radius 2 is 2.04 bits per heavy atom. The number of rotatable bonds is 4. The van der Waals surface area contributed by atoms with Crippen molar-refractivity contribution in [1.82, 2.24) is 10.2 Å². The van der Waals surface area contributed by atoms with Gasteiger partial charge in [0.25, 0.3) is 0 Å². The molecule has 0 radical (unpaired) electrons. The summed E-state index contributed by atoms with van der Waals surface area (Å²) in [6.45, 7) is 4.64. The minimum Gasteiger partial charge on any atom is -0.376 e. The first kappa shape index (κ1) is 17.4. The summed E-state index contributed by atoms with van der Waals surface area (Å²) in [5, 5.41) is 3.15. The Morgan fingerprint density at radius 1 is 1.23 bits per heavy atom. The number of ketones is 1. The van der Waals surface area contributed by atoms with Gasteiger partial charge in [-0.1, -0.05) is 30.3 Å². The Bertz CT molecular complexity index is 728. The molecule has 5 nitrogen and oxygen atoms in total. The molecule has 1 aromatic carbocycles. The number of amides is 1. The van der Waals surface area contributed by atoms with E-state index in [1.807, 2.05) is 30.3 Å². The zero-order chi connectivity index (χ0) is 18.1. The summed E-state index contributed by atoms with van der Waals surface area (Å²) in [4.78, 5) is 27.3. The predicted octanol–water partition coefficient (Wildman–Crippen LogP) is 2.17. The molecule has 2 heterocycles. The Hall–Kier alpha value is -1.98. The molecule has 0 unspecified atom stereocenters. The van der Waals surface area contributed by atoms with E-state index < -0.39 is 0 Å². The molecule has 0 saturated carbocycles. The summed E-state index contributed by atoms with van der Waals surface area (Å²) in [7, 11) is 0. The SMILES string of the molecule is C[C@@H]1CN2C[C@H](NC(=O)CC3=C(c4ccccc4)CCC3=O)C[C@H]2CO1. The third-order valence-corrected chi connectivity index (χ3v) is 5.72. The summed E-state index contributed by atoms with van der Waals surface area (Å²) in [6.07, 6.45) is 2.63. The first-order valence-corrected chi connectivity index (χ1v) is 9.56. The van der Waals surface area contributed by atoms with Crippen molar-refractivity contribution in [3.05, 3.63) is 41.5 Å². The molecule has 0 spiro atoms. The fourth-order valence-corrected chi connectivity index (χ4v) is 4.46. The lowest BCUT2D eigenvalue weighted by molar-refractivity contribution is -0.122. The van der Waals surface area contributed by atoms with Crippen molar-refractivity contribution in [2.45, 2.75) is 50.8 Å². The first-order valence-electron chi connectivity index (χ1n) is 9.56. The highest BCUT2D eigenvalue weighted by atomic mass is 16.5. The number of fused-ring (bicyclic) bond motifs is 1. The van der Waals surface area contributed by atoms with Crippen LogP contribution in [-0.4, -0.2) is 54.5 Å². The Balaban J connectivity index is 1.40. The number of hydrogen-bond acceptors (Lipinski definition) is 4. The van der Waals surface area contributed by atoms with Gasteiger partial charge in [-0.25, -0.2) is 0 Å². The van der Waals surface area contributed by atoms with Gasteiger partial charge in [-0.05, 0) is 30.9 Å². The summed E-state index contributed by atoms with van der Waals surface area (Å²) < 4.78 is 5.72. The van der Waals surface area contributed by atoms with Gasteiger partial charge in [0, 0.05) is 37.2 Å². The predicted molar refractivity (Wildman–Crippen MR) is 99.5 cm³/mol. The summed E-state index contributed by atoms with van der Waals surface area (Å²) >= 11 is 0. The molecular weight excluding hydrogens is 328 g/mol. The summed E-state index contributed by atoms with van der Waals surface area (Å²) in [6, 6.07) is 10.5. The van der Waals surface area contributed by atoms with E-state index in [1.54, 1.807) is 0 Å². The lowest BCUT2D eigenvalue weighted by atomic mass is 10.00. The molecule has 3 aliphatic rings. The maximum Gasteiger partial charge on any atom is 0.224 e. The molecule has 2 fully saturated rings. The highest BCUT2D eigenvalue weighted by Crippen LogP contribution is 2.33. The van der Waals surface area contributed by atoms with Gasteiger partial charge < -0.3 is 10.1 Å². The van der Waals surface area contributed by atoms with Gasteiger partial charge in [0.2, 0.25) is 5.91 Å². The molecule has 0 aromatic heterocycles. The number of nitrogens with one attached hydrogen (secondary N) is 1. The van der Waals surface area contributed by atoms with Gasteiger partial charge in [0.05, 0.1) is 19.1 Å². The van der Waals surface area contributed by atoms with Crippen LogP contribution in [0.4, 0.5) is 0 Å². The topological polar surface area (TPSA) is 58.6 Å². The number of morpholine rings is 1. The minimum absolute atomic E-state index is 0.0394. The van der Waals surface area contributed by atoms with Gasteiger partial charge in [0.1, 0.15) is 0 Å². The van der Waals surface area contributed by atoms with E-state index >= 15 is 0 Å². The van der Waals surface area contributed by atoms with Gasteiger partial charge in [-0.2, -0.15) is 0 Å². The number of carbonyl (C=O) groups excluding carboxylic acids is 2. The normalized spacial score (nSPS) is 29.1. The average molecular weight is 354 g/mol. The monoisotopic (exact) mass is 354 g/mol. The molecule has 1 aromatic rings. The zero-order valence-corrected chi connectivity index (χ0v) is 15.2. The third kappa shape index (κ3) is 3.60. The molecule has 3 atom stereocenters. The van der Waals surface area contributed by atoms with Crippen LogP contribution in [0.25, 0.3) is 5.57 Å². The number of Topliss-reactive ketones (excluding diaryl/α,β-unsaturated/α-hetero) is 1. The molecule has 0 bridgehead atoms. The Morgan fingerprint density at radius 3 is 2.85 bits per heavy atom. The van der Waals surface area contributed by atoms with Crippen LogP contribution in [-0.2, 0) is 14.3 Å². The van der Waals surface area contributed by atoms with E-state index in [-0.39, 0.29) is 30.3 Å². The summed E-state index contributed by atoms with van der Waals surface area (Å²) in [5.41, 5.74) is 2.79. The van der Waals surface area contributed by atoms with E-state index in [2.05, 4.69) is 17.1 Å². The Kier molecular flexibility index (Phi) is 4.92. The van der Waals surface area contributed by atoms with E-state index in [0.29, 0.717) is 18.0 Å². The molecule has 26 heavy (non-hydrogen) atoms. The van der Waals surface area contributed by atoms with Crippen LogP contribution in [0.1, 0.15) is 38.2 Å². The molecular formula is C21H26N2O3. The molecule has 2 saturated heterocycles. The van der Waals surface area contributed by atoms with Crippen molar-refractivity contribution in [2.24, 2.45) is 0 Å². The van der Waals surface area contributed by atoms with Crippen LogP contribution in [0.15, 0.2) is 35.9 Å². The molecule has 5 heteroatoms. The highest BCUT2D eigenvalue weighted by Gasteiger charge is 2.37. The van der Waals surface area contributed by atoms with Crippen molar-refractivity contribution in [3.8, 4) is 0 Å². The largest absolute Gasteiger partial charge is 0.376 e. The fraction of sp³-hybridized carbons (Fsp3) is 0.524. The lowest BCUT2D eigenvalue weighted by Crippen LogP contribution is -2.45. The standard InChI is InChI=1S/C21H26N2O3/c1-14-11-23-12-16(9-17(23)13-26-14)22-21(25)10-19-18(7-8-20(19)24)15-5-3-2-4-6-15/h2-6,14,16-17H,7-13H2,1H3,(H,22,25)/t14-,16-,17+/m1/s1. The maximum atomic E-state index is 12.6. The van der Waals surface area contributed by atoms with Crippen LogP contribution in [0, 0.1) is 0 Å². The number of ether oxygens (including phenoxy) is 1. The number of benzene rings is 1. The molecule has 2 aliphatic heterocycles. The number of carbonyl (C=O) groups is 2. The molecule has 138 valence electrons. The van der Waals surface area contributed by atoms with Gasteiger partial charge >= 0.3 is 0 Å². The third-order valence-electron chi connectivity index (χ3n) is 5.72. The van der Waals surface area contributed by atoms with Gasteiger partial charge in [-0.3, -0.25) is 14.5 Å². The minimum atomic E-state index is -0.0394. The quantitative estimate of drug-likeness (QED) is 0.900. The zero-order valence-electron chi connectivity index (χ0n) is 15.2. The maximum absolute atomic E-state index is 12.6. The number of allylic oxidation sites excluding steroid dienone is 1. The summed E-state index contributed by atoms with van der Waals surface area (Å²) in [5.74, 6) is 0.0764. The molecule has 1 aliphatic carbocycles. The molecule has 1 N–H and O–H groups in total. The van der Waals surface area contributed by atoms with Crippen LogP contribution in [0.5, 0.6) is 0 Å². The van der Waals surface area contributed by atoms with Crippen molar-refractivity contribution in [2.75, 3.05) is 19.7 Å². The van der Waals surface area contributed by atoms with E-state index in [1.165, 1.54) is 0 Å². The number of nitrogens with zero attached hydrogens (tertiary/aromatic N) is 1. The fourth-order valence-electron chi connectivity index (χ4n) is 4.46. The van der Waals surface area contributed by atoms with E-state index in [4.69, 9.17) is 4.74 Å². The Labute approximate surface area is 154 Å². The second-order valence-electron chi connectivity index (χ2n) is 7.67. The van der Waals surface area contributed by atoms with Gasteiger partial charge in [0.15, 0.2) is 5.78 Å². The van der Waals surface area contributed by atoms with Crippen LogP contribution in [0.3, 0.4) is 0 Å². The smallest absolute Gasteiger partial charge is 0.224 e. The molecule has 1 amide bonds. The van der Waals surface area contributed by atoms with Crippen LogP contribution >= 0.6 is 0 Å². The van der Waals surface area contributed by atoms with Crippen molar-refractivity contribution >= 4 is 17.3 Å². The first-order chi connectivity index (χ1) is 12.6. The number of hydrogen-bond donors (Lipinski definition) is 1. The van der Waals surface area contributed by atoms with Crippen LogP contribution in [0.2, 0.25) is 0 Å².